The number of ketones is 1. The van der Waals surface area contributed by atoms with Crippen LogP contribution in [0.4, 0.5) is 4.79 Å². The highest BCUT2D eigenvalue weighted by Gasteiger charge is 2.35. The van der Waals surface area contributed by atoms with Crippen LogP contribution in [0.2, 0.25) is 5.02 Å². The van der Waals surface area contributed by atoms with Crippen LogP contribution in [0.15, 0.2) is 42.5 Å². The molecule has 1 aliphatic rings. The second kappa shape index (κ2) is 10.7. The highest BCUT2D eigenvalue weighted by molar-refractivity contribution is 6.30. The van der Waals surface area contributed by atoms with E-state index >= 15 is 0 Å². The number of piperidine rings is 1. The number of phenols is 1. The van der Waals surface area contributed by atoms with Crippen molar-refractivity contribution in [2.45, 2.75) is 64.5 Å². The van der Waals surface area contributed by atoms with E-state index in [1.807, 2.05) is 27.7 Å². The number of likely N-dealkylation sites (tertiary alicyclic amines) is 1. The molecule has 2 N–H and O–H groups in total. The van der Waals surface area contributed by atoms with E-state index < -0.39 is 11.1 Å². The van der Waals surface area contributed by atoms with Gasteiger partial charge in [0.05, 0.1) is 0 Å². The van der Waals surface area contributed by atoms with E-state index in [1.165, 1.54) is 6.07 Å². The maximum absolute atomic E-state index is 13.0. The first-order valence-corrected chi connectivity index (χ1v) is 12.1. The Morgan fingerprint density at radius 2 is 1.77 bits per heavy atom. The number of rotatable bonds is 6. The zero-order valence-corrected chi connectivity index (χ0v) is 21.4. The lowest BCUT2D eigenvalue weighted by Crippen LogP contribution is -2.54. The van der Waals surface area contributed by atoms with Crippen molar-refractivity contribution < 1.29 is 24.2 Å². The summed E-state index contributed by atoms with van der Waals surface area (Å²) >= 11 is 5.96. The molecule has 1 fully saturated rings. The van der Waals surface area contributed by atoms with Crippen molar-refractivity contribution in [1.82, 2.24) is 10.2 Å². The first-order valence-electron chi connectivity index (χ1n) is 11.7. The van der Waals surface area contributed by atoms with Gasteiger partial charge in [-0.1, -0.05) is 23.7 Å². The number of aromatic hydroxyl groups is 1. The van der Waals surface area contributed by atoms with Crippen LogP contribution in [0.5, 0.6) is 5.75 Å². The Balaban J connectivity index is 1.57. The van der Waals surface area contributed by atoms with Gasteiger partial charge in [-0.15, -0.1) is 0 Å². The third kappa shape index (κ3) is 7.72. The average molecular weight is 501 g/mol. The Morgan fingerprint density at radius 3 is 2.43 bits per heavy atom. The molecule has 0 radical (unpaired) electrons. The summed E-state index contributed by atoms with van der Waals surface area (Å²) in [4.78, 5) is 39.5. The van der Waals surface area contributed by atoms with Gasteiger partial charge in [0.1, 0.15) is 17.1 Å². The fourth-order valence-corrected chi connectivity index (χ4v) is 4.20. The second-order valence-corrected chi connectivity index (χ2v) is 10.8. The molecule has 1 heterocycles. The molecule has 0 aliphatic carbocycles. The maximum Gasteiger partial charge on any atom is 0.410 e. The molecule has 2 aromatic rings. The number of halogens is 1. The number of ether oxygens (including phenoxy) is 1. The van der Waals surface area contributed by atoms with Crippen LogP contribution >= 0.6 is 11.6 Å². The number of Topliss-reactive ketones (excluding diaryl/α,β-unsaturated/α-hetero) is 1. The Labute approximate surface area is 211 Å². The highest BCUT2D eigenvalue weighted by atomic mass is 35.5. The molecule has 0 aromatic heterocycles. The molecule has 0 unspecified atom stereocenters. The minimum Gasteiger partial charge on any atom is -0.508 e. The third-order valence-corrected chi connectivity index (χ3v) is 6.19. The zero-order chi connectivity index (χ0) is 25.8. The lowest BCUT2D eigenvalue weighted by molar-refractivity contribution is -0.117. The highest BCUT2D eigenvalue weighted by Crippen LogP contribution is 2.25. The van der Waals surface area contributed by atoms with Crippen molar-refractivity contribution in [2.24, 2.45) is 0 Å². The predicted molar refractivity (Wildman–Crippen MR) is 135 cm³/mol. The molecule has 1 aliphatic heterocycles. The zero-order valence-electron chi connectivity index (χ0n) is 20.7. The van der Waals surface area contributed by atoms with Crippen molar-refractivity contribution in [3.8, 4) is 5.75 Å². The molecule has 2 aromatic carbocycles. The summed E-state index contributed by atoms with van der Waals surface area (Å²) in [6.45, 7) is 8.47. The quantitative estimate of drug-likeness (QED) is 0.587. The molecule has 2 amide bonds. The lowest BCUT2D eigenvalue weighted by Gasteiger charge is -2.40. The molecule has 8 heteroatoms. The summed E-state index contributed by atoms with van der Waals surface area (Å²) < 4.78 is 5.44. The molecule has 1 saturated heterocycles. The Bertz CT molecular complexity index is 1100. The normalized spacial score (nSPS) is 15.4. The van der Waals surface area contributed by atoms with Crippen LogP contribution in [0.1, 0.15) is 62.0 Å². The van der Waals surface area contributed by atoms with Crippen molar-refractivity contribution in [3.05, 3.63) is 64.2 Å². The molecular formula is C27H33ClN2O5. The molecule has 3 rings (SSSR count). The van der Waals surface area contributed by atoms with Gasteiger partial charge in [-0.3, -0.25) is 9.59 Å². The van der Waals surface area contributed by atoms with Gasteiger partial charge in [-0.25, -0.2) is 4.79 Å². The van der Waals surface area contributed by atoms with Crippen LogP contribution in [0.25, 0.3) is 0 Å². The van der Waals surface area contributed by atoms with Crippen molar-refractivity contribution in [2.75, 3.05) is 13.1 Å². The minimum atomic E-state index is -0.549. The van der Waals surface area contributed by atoms with Crippen LogP contribution in [-0.2, 0) is 22.4 Å². The van der Waals surface area contributed by atoms with E-state index in [0.29, 0.717) is 47.6 Å². The molecule has 188 valence electrons. The number of nitrogens with zero attached hydrogens (tertiary/aromatic N) is 1. The van der Waals surface area contributed by atoms with Gasteiger partial charge >= 0.3 is 6.09 Å². The van der Waals surface area contributed by atoms with Gasteiger partial charge in [0.15, 0.2) is 0 Å². The van der Waals surface area contributed by atoms with Crippen LogP contribution in [0.3, 0.4) is 0 Å². The maximum atomic E-state index is 13.0. The van der Waals surface area contributed by atoms with Crippen LogP contribution in [-0.4, -0.2) is 52.0 Å². The standard InChI is InChI=1S/C27H33ClN2O5/c1-26(2,3)35-25(34)30-12-10-27(4,11-13-30)29-24(33)19-7-5-6-18(14-19)15-22(31)17-20-16-21(28)8-9-23(20)32/h5-9,14,16,32H,10-13,15,17H2,1-4H3,(H,29,33). The fourth-order valence-electron chi connectivity index (χ4n) is 4.00. The molecule has 35 heavy (non-hydrogen) atoms. The lowest BCUT2D eigenvalue weighted by atomic mass is 9.89. The van der Waals surface area contributed by atoms with Crippen molar-refractivity contribution >= 4 is 29.4 Å². The number of carbonyl (C=O) groups excluding carboxylic acids is 3. The first-order chi connectivity index (χ1) is 16.3. The van der Waals surface area contributed by atoms with Gasteiger partial charge in [0.25, 0.3) is 5.91 Å². The SMILES string of the molecule is CC1(NC(=O)c2cccc(CC(=O)Cc3cc(Cl)ccc3O)c2)CCN(C(=O)OC(C)(C)C)CC1. The summed E-state index contributed by atoms with van der Waals surface area (Å²) in [7, 11) is 0. The van der Waals surface area contributed by atoms with Gasteiger partial charge in [0.2, 0.25) is 0 Å². The summed E-state index contributed by atoms with van der Waals surface area (Å²) in [5.41, 5.74) is 0.659. The molecule has 0 bridgehead atoms. The summed E-state index contributed by atoms with van der Waals surface area (Å²) in [5.74, 6) is -0.288. The van der Waals surface area contributed by atoms with Gasteiger partial charge < -0.3 is 20.1 Å². The number of nitrogens with one attached hydrogen (secondary N) is 1. The van der Waals surface area contributed by atoms with Gasteiger partial charge in [-0.05, 0) is 76.4 Å². The molecule has 7 nitrogen and oxygen atoms in total. The number of benzene rings is 2. The number of carbonyl (C=O) groups is 3. The number of amides is 2. The predicted octanol–water partition coefficient (Wildman–Crippen LogP) is 4.92. The fraction of sp³-hybridized carbons (Fsp3) is 0.444. The van der Waals surface area contributed by atoms with E-state index in [4.69, 9.17) is 16.3 Å². The second-order valence-electron chi connectivity index (χ2n) is 10.3. The third-order valence-electron chi connectivity index (χ3n) is 5.95. The topological polar surface area (TPSA) is 95.9 Å². The molecule has 0 saturated carbocycles. The smallest absolute Gasteiger partial charge is 0.410 e. The number of phenolic OH excluding ortho intramolecular Hbond substituents is 1. The van der Waals surface area contributed by atoms with Crippen molar-refractivity contribution in [1.29, 1.82) is 0 Å². The van der Waals surface area contributed by atoms with Gasteiger partial charge in [-0.2, -0.15) is 0 Å². The van der Waals surface area contributed by atoms with E-state index in [1.54, 1.807) is 41.3 Å². The van der Waals surface area contributed by atoms with Crippen LogP contribution in [0, 0.1) is 0 Å². The van der Waals surface area contributed by atoms with E-state index in [2.05, 4.69) is 5.32 Å². The van der Waals surface area contributed by atoms with Crippen molar-refractivity contribution in [3.63, 3.8) is 0 Å². The summed E-state index contributed by atoms with van der Waals surface area (Å²) in [6.07, 6.45) is 1.07. The number of hydrogen-bond acceptors (Lipinski definition) is 5. The summed E-state index contributed by atoms with van der Waals surface area (Å²) in [6, 6.07) is 11.6. The van der Waals surface area contributed by atoms with Crippen LogP contribution < -0.4 is 5.32 Å². The molecular weight excluding hydrogens is 468 g/mol. The summed E-state index contributed by atoms with van der Waals surface area (Å²) in [5, 5.41) is 13.5. The Morgan fingerprint density at radius 1 is 1.09 bits per heavy atom. The largest absolute Gasteiger partial charge is 0.508 e. The van der Waals surface area contributed by atoms with E-state index in [0.717, 1.165) is 0 Å². The number of hydrogen-bond donors (Lipinski definition) is 2. The average Bonchev–Trinajstić information content (AvgIpc) is 2.75. The van der Waals surface area contributed by atoms with E-state index in [9.17, 15) is 19.5 Å². The molecule has 0 spiro atoms. The minimum absolute atomic E-state index is 0.0295. The monoisotopic (exact) mass is 500 g/mol. The Kier molecular flexibility index (Phi) is 8.11. The van der Waals surface area contributed by atoms with Gasteiger partial charge in [0, 0.05) is 47.6 Å². The molecule has 0 atom stereocenters. The van der Waals surface area contributed by atoms with E-state index in [-0.39, 0.29) is 36.4 Å². The first kappa shape index (κ1) is 26.5. The Hall–Kier alpha value is -3.06.